The minimum Gasteiger partial charge on any atom is -0.480 e. The van der Waals surface area contributed by atoms with Gasteiger partial charge < -0.3 is 20.6 Å². The summed E-state index contributed by atoms with van der Waals surface area (Å²) in [6.07, 6.45) is 1.43. The third-order valence-corrected chi connectivity index (χ3v) is 1.96. The lowest BCUT2D eigenvalue weighted by atomic mass is 10.1. The predicted molar refractivity (Wildman–Crippen MR) is 52.0 cm³/mol. The zero-order valence-electron chi connectivity index (χ0n) is 8.44. The lowest BCUT2D eigenvalue weighted by Gasteiger charge is -2.15. The Bertz CT molecular complexity index is 163. The molecule has 0 aromatic heterocycles. The summed E-state index contributed by atoms with van der Waals surface area (Å²) in [6.45, 7) is 1.74. The molecule has 5 nitrogen and oxygen atoms in total. The number of carboxylic acid groups (broad SMARTS) is 1. The topological polar surface area (TPSA) is 89.8 Å². The first kappa shape index (κ1) is 13.4. The Balaban J connectivity index is 3.79. The highest BCUT2D eigenvalue weighted by atomic mass is 16.4. The van der Waals surface area contributed by atoms with E-state index in [1.807, 2.05) is 6.92 Å². The number of aliphatic hydroxyl groups is 2. The number of unbranched alkanes of at least 4 members (excludes halogenated alkanes) is 1. The average molecular weight is 205 g/mol. The van der Waals surface area contributed by atoms with Crippen LogP contribution in [0.15, 0.2) is 0 Å². The highest BCUT2D eigenvalue weighted by Crippen LogP contribution is 2.00. The van der Waals surface area contributed by atoms with Crippen molar-refractivity contribution in [1.29, 1.82) is 0 Å². The van der Waals surface area contributed by atoms with E-state index in [1.165, 1.54) is 0 Å². The van der Waals surface area contributed by atoms with Crippen LogP contribution in [0, 0.1) is 0 Å². The summed E-state index contributed by atoms with van der Waals surface area (Å²) < 4.78 is 0. The van der Waals surface area contributed by atoms with Crippen molar-refractivity contribution < 1.29 is 20.1 Å². The maximum absolute atomic E-state index is 10.7. The van der Waals surface area contributed by atoms with Crippen LogP contribution in [0.2, 0.25) is 0 Å². The zero-order chi connectivity index (χ0) is 11.0. The van der Waals surface area contributed by atoms with E-state index in [0.29, 0.717) is 6.42 Å². The average Bonchev–Trinajstić information content (AvgIpc) is 2.16. The monoisotopic (exact) mass is 205 g/mol. The molecular formula is C9H19NO4. The van der Waals surface area contributed by atoms with Gasteiger partial charge in [-0.2, -0.15) is 0 Å². The fourth-order valence-corrected chi connectivity index (χ4v) is 1.06. The van der Waals surface area contributed by atoms with E-state index in [2.05, 4.69) is 5.32 Å². The number of hydrogen-bond donors (Lipinski definition) is 4. The molecular weight excluding hydrogens is 186 g/mol. The van der Waals surface area contributed by atoms with Crippen molar-refractivity contribution in [2.75, 3.05) is 13.2 Å². The number of rotatable bonds is 8. The van der Waals surface area contributed by atoms with Gasteiger partial charge in [-0.05, 0) is 6.42 Å². The molecule has 0 bridgehead atoms. The number of hydrogen-bond acceptors (Lipinski definition) is 4. The molecule has 5 heteroatoms. The molecule has 0 saturated carbocycles. The zero-order valence-corrected chi connectivity index (χ0v) is 8.44. The van der Waals surface area contributed by atoms with Crippen molar-refractivity contribution in [1.82, 2.24) is 5.32 Å². The molecule has 0 spiro atoms. The van der Waals surface area contributed by atoms with Crippen molar-refractivity contribution >= 4 is 5.97 Å². The second-order valence-electron chi connectivity index (χ2n) is 3.28. The van der Waals surface area contributed by atoms with Crippen molar-refractivity contribution in [2.24, 2.45) is 0 Å². The van der Waals surface area contributed by atoms with Crippen LogP contribution >= 0.6 is 0 Å². The van der Waals surface area contributed by atoms with Gasteiger partial charge in [0.1, 0.15) is 6.04 Å². The van der Waals surface area contributed by atoms with Crippen LogP contribution in [-0.4, -0.2) is 46.6 Å². The molecule has 2 atom stereocenters. The third-order valence-electron chi connectivity index (χ3n) is 1.96. The minimum absolute atomic E-state index is 0.108. The van der Waals surface area contributed by atoms with Crippen molar-refractivity contribution in [3.05, 3.63) is 0 Å². The molecule has 0 amide bonds. The predicted octanol–water partition coefficient (Wildman–Crippen LogP) is -0.427. The first-order valence-corrected chi connectivity index (χ1v) is 4.86. The maximum Gasteiger partial charge on any atom is 0.320 e. The van der Waals surface area contributed by atoms with Crippen molar-refractivity contribution in [3.8, 4) is 0 Å². The molecule has 0 fully saturated rings. The molecule has 0 aliphatic heterocycles. The van der Waals surface area contributed by atoms with Crippen molar-refractivity contribution in [3.63, 3.8) is 0 Å². The van der Waals surface area contributed by atoms with Crippen LogP contribution in [0.4, 0.5) is 0 Å². The van der Waals surface area contributed by atoms with Gasteiger partial charge >= 0.3 is 5.97 Å². The van der Waals surface area contributed by atoms with Crippen LogP contribution in [0.1, 0.15) is 26.2 Å². The van der Waals surface area contributed by atoms with Crippen LogP contribution in [-0.2, 0) is 4.79 Å². The molecule has 0 aliphatic rings. The molecule has 14 heavy (non-hydrogen) atoms. The highest BCUT2D eigenvalue weighted by molar-refractivity contribution is 5.73. The highest BCUT2D eigenvalue weighted by Gasteiger charge is 2.16. The summed E-state index contributed by atoms with van der Waals surface area (Å²) in [5.74, 6) is -0.913. The van der Waals surface area contributed by atoms with Gasteiger partial charge in [0, 0.05) is 6.54 Å². The molecule has 0 heterocycles. The summed E-state index contributed by atoms with van der Waals surface area (Å²) in [5.41, 5.74) is 0. The van der Waals surface area contributed by atoms with Gasteiger partial charge in [-0.1, -0.05) is 19.8 Å². The fraction of sp³-hybridized carbons (Fsp3) is 0.889. The molecule has 4 N–H and O–H groups in total. The SMILES string of the molecule is CCCCC(NCC(O)CO)C(=O)O. The van der Waals surface area contributed by atoms with E-state index in [4.69, 9.17) is 15.3 Å². The first-order valence-electron chi connectivity index (χ1n) is 4.86. The van der Waals surface area contributed by atoms with Crippen LogP contribution in [0.3, 0.4) is 0 Å². The number of aliphatic hydroxyl groups excluding tert-OH is 2. The Kier molecular flexibility index (Phi) is 7.37. The minimum atomic E-state index is -0.913. The van der Waals surface area contributed by atoms with Gasteiger partial charge in [0.15, 0.2) is 0 Å². The lowest BCUT2D eigenvalue weighted by molar-refractivity contribution is -0.139. The van der Waals surface area contributed by atoms with Gasteiger partial charge in [-0.15, -0.1) is 0 Å². The molecule has 84 valence electrons. The molecule has 2 unspecified atom stereocenters. The normalized spacial score (nSPS) is 15.1. The number of nitrogens with one attached hydrogen (secondary N) is 1. The van der Waals surface area contributed by atoms with Gasteiger partial charge in [-0.3, -0.25) is 4.79 Å². The van der Waals surface area contributed by atoms with E-state index < -0.39 is 18.1 Å². The first-order chi connectivity index (χ1) is 6.61. The van der Waals surface area contributed by atoms with Gasteiger partial charge in [0.25, 0.3) is 0 Å². The molecule has 0 radical (unpaired) electrons. The molecule has 0 aromatic carbocycles. The van der Waals surface area contributed by atoms with Gasteiger partial charge in [0.2, 0.25) is 0 Å². The Morgan fingerprint density at radius 3 is 2.57 bits per heavy atom. The van der Waals surface area contributed by atoms with E-state index in [9.17, 15) is 4.79 Å². The van der Waals surface area contributed by atoms with Crippen LogP contribution in [0.25, 0.3) is 0 Å². The van der Waals surface area contributed by atoms with Crippen LogP contribution < -0.4 is 5.32 Å². The fourth-order valence-electron chi connectivity index (χ4n) is 1.06. The van der Waals surface area contributed by atoms with Gasteiger partial charge in [0.05, 0.1) is 12.7 Å². The Morgan fingerprint density at radius 2 is 2.14 bits per heavy atom. The third kappa shape index (κ3) is 5.90. The number of carbonyl (C=O) groups is 1. The number of aliphatic carboxylic acids is 1. The number of carboxylic acids is 1. The van der Waals surface area contributed by atoms with Crippen molar-refractivity contribution in [2.45, 2.75) is 38.3 Å². The van der Waals surface area contributed by atoms with Gasteiger partial charge in [-0.25, -0.2) is 0 Å². The second kappa shape index (κ2) is 7.73. The second-order valence-corrected chi connectivity index (χ2v) is 3.28. The summed E-state index contributed by atoms with van der Waals surface area (Å²) in [4.78, 5) is 10.7. The lowest BCUT2D eigenvalue weighted by Crippen LogP contribution is -2.41. The Labute approximate surface area is 83.8 Å². The molecule has 0 aliphatic carbocycles. The summed E-state index contributed by atoms with van der Waals surface area (Å²) in [7, 11) is 0. The smallest absolute Gasteiger partial charge is 0.320 e. The quantitative estimate of drug-likeness (QED) is 0.432. The standard InChI is InChI=1S/C9H19NO4/c1-2-3-4-8(9(13)14)10-5-7(12)6-11/h7-8,10-12H,2-6H2,1H3,(H,13,14). The summed E-state index contributed by atoms with van der Waals surface area (Å²) in [6, 6.07) is -0.629. The summed E-state index contributed by atoms with van der Waals surface area (Å²) in [5, 5.41) is 29.0. The van der Waals surface area contributed by atoms with E-state index in [1.54, 1.807) is 0 Å². The maximum atomic E-state index is 10.7. The van der Waals surface area contributed by atoms with Crippen LogP contribution in [0.5, 0.6) is 0 Å². The Hall–Kier alpha value is -0.650. The van der Waals surface area contributed by atoms with E-state index in [-0.39, 0.29) is 13.2 Å². The molecule has 0 rings (SSSR count). The molecule has 0 saturated heterocycles. The van der Waals surface area contributed by atoms with E-state index in [0.717, 1.165) is 12.8 Å². The largest absolute Gasteiger partial charge is 0.480 e. The molecule has 0 aromatic rings. The summed E-state index contributed by atoms with van der Waals surface area (Å²) >= 11 is 0. The Morgan fingerprint density at radius 1 is 1.50 bits per heavy atom. The van der Waals surface area contributed by atoms with E-state index >= 15 is 0 Å².